The van der Waals surface area contributed by atoms with Crippen molar-refractivity contribution < 1.29 is 14.1 Å². The molecule has 4 rings (SSSR count). The van der Waals surface area contributed by atoms with Crippen LogP contribution in [-0.4, -0.2) is 64.5 Å². The SMILES string of the molecule is Cc1ccccc1-c1noc(CN2CCN(C(=O)CNC(=O)/C=C/c3ccccc3)CC2)n1. The molecule has 0 saturated carbocycles. The Hall–Kier alpha value is -3.78. The van der Waals surface area contributed by atoms with Crippen molar-refractivity contribution in [2.45, 2.75) is 13.5 Å². The van der Waals surface area contributed by atoms with E-state index in [4.69, 9.17) is 4.52 Å². The number of nitrogens with zero attached hydrogens (tertiary/aromatic N) is 4. The highest BCUT2D eigenvalue weighted by Gasteiger charge is 2.23. The van der Waals surface area contributed by atoms with Gasteiger partial charge in [-0.15, -0.1) is 0 Å². The molecular formula is C25H27N5O3. The van der Waals surface area contributed by atoms with Gasteiger partial charge in [0, 0.05) is 37.8 Å². The molecule has 8 heteroatoms. The van der Waals surface area contributed by atoms with E-state index in [1.54, 1.807) is 11.0 Å². The van der Waals surface area contributed by atoms with E-state index in [9.17, 15) is 9.59 Å². The predicted octanol–water partition coefficient (Wildman–Crippen LogP) is 2.52. The van der Waals surface area contributed by atoms with Crippen molar-refractivity contribution >= 4 is 17.9 Å². The zero-order valence-corrected chi connectivity index (χ0v) is 18.6. The molecule has 1 fully saturated rings. The Morgan fingerprint density at radius 2 is 1.76 bits per heavy atom. The fourth-order valence-electron chi connectivity index (χ4n) is 3.67. The summed E-state index contributed by atoms with van der Waals surface area (Å²) in [6.45, 7) is 5.14. The molecule has 0 atom stereocenters. The Morgan fingerprint density at radius 1 is 1.03 bits per heavy atom. The number of carbonyl (C=O) groups excluding carboxylic acids is 2. The third kappa shape index (κ3) is 6.14. The van der Waals surface area contributed by atoms with E-state index >= 15 is 0 Å². The van der Waals surface area contributed by atoms with Gasteiger partial charge in [0.15, 0.2) is 0 Å². The number of benzene rings is 2. The highest BCUT2D eigenvalue weighted by Crippen LogP contribution is 2.20. The zero-order valence-electron chi connectivity index (χ0n) is 18.6. The van der Waals surface area contributed by atoms with Crippen LogP contribution in [-0.2, 0) is 16.1 Å². The monoisotopic (exact) mass is 445 g/mol. The second-order valence-corrected chi connectivity index (χ2v) is 7.95. The third-order valence-electron chi connectivity index (χ3n) is 5.58. The molecule has 1 aliphatic heterocycles. The number of piperazine rings is 1. The van der Waals surface area contributed by atoms with Crippen molar-refractivity contribution in [3.63, 3.8) is 0 Å². The molecule has 1 N–H and O–H groups in total. The first-order chi connectivity index (χ1) is 16.1. The molecule has 2 amide bonds. The van der Waals surface area contributed by atoms with Gasteiger partial charge in [0.05, 0.1) is 13.1 Å². The molecule has 0 aliphatic carbocycles. The van der Waals surface area contributed by atoms with Crippen LogP contribution in [0, 0.1) is 6.92 Å². The maximum atomic E-state index is 12.5. The van der Waals surface area contributed by atoms with Gasteiger partial charge in [0.25, 0.3) is 0 Å². The van der Waals surface area contributed by atoms with Crippen LogP contribution in [0.2, 0.25) is 0 Å². The van der Waals surface area contributed by atoms with Crippen molar-refractivity contribution in [2.75, 3.05) is 32.7 Å². The van der Waals surface area contributed by atoms with Gasteiger partial charge in [0.2, 0.25) is 23.5 Å². The van der Waals surface area contributed by atoms with E-state index in [0.29, 0.717) is 44.4 Å². The summed E-state index contributed by atoms with van der Waals surface area (Å²) in [4.78, 5) is 32.9. The molecule has 1 aromatic heterocycles. The second-order valence-electron chi connectivity index (χ2n) is 7.95. The summed E-state index contributed by atoms with van der Waals surface area (Å²) in [7, 11) is 0. The number of hydrogen-bond acceptors (Lipinski definition) is 6. The van der Waals surface area contributed by atoms with Crippen LogP contribution in [0.4, 0.5) is 0 Å². The molecule has 170 valence electrons. The summed E-state index contributed by atoms with van der Waals surface area (Å²) in [5, 5.41) is 6.77. The summed E-state index contributed by atoms with van der Waals surface area (Å²) in [5.74, 6) is 0.780. The Morgan fingerprint density at radius 3 is 2.52 bits per heavy atom. The maximum absolute atomic E-state index is 12.5. The molecule has 0 spiro atoms. The zero-order chi connectivity index (χ0) is 23.0. The number of aromatic nitrogens is 2. The first-order valence-corrected chi connectivity index (χ1v) is 11.0. The number of nitrogens with one attached hydrogen (secondary N) is 1. The first kappa shape index (κ1) is 22.4. The predicted molar refractivity (Wildman–Crippen MR) is 125 cm³/mol. The van der Waals surface area contributed by atoms with Gasteiger partial charge in [-0.3, -0.25) is 14.5 Å². The van der Waals surface area contributed by atoms with Gasteiger partial charge >= 0.3 is 0 Å². The Kier molecular flexibility index (Phi) is 7.26. The van der Waals surface area contributed by atoms with E-state index < -0.39 is 0 Å². The van der Waals surface area contributed by atoms with Gasteiger partial charge < -0.3 is 14.7 Å². The number of hydrogen-bond donors (Lipinski definition) is 1. The topological polar surface area (TPSA) is 91.6 Å². The van der Waals surface area contributed by atoms with Gasteiger partial charge in [0.1, 0.15) is 0 Å². The van der Waals surface area contributed by atoms with Crippen LogP contribution in [0.1, 0.15) is 17.0 Å². The minimum absolute atomic E-state index is 0.0125. The fourth-order valence-corrected chi connectivity index (χ4v) is 3.67. The second kappa shape index (κ2) is 10.7. The van der Waals surface area contributed by atoms with Gasteiger partial charge in [-0.05, 0) is 24.1 Å². The Labute approximate surface area is 192 Å². The molecule has 33 heavy (non-hydrogen) atoms. The standard InChI is InChI=1S/C25H27N5O3/c1-19-7-5-6-10-21(19)25-27-23(33-28-25)18-29-13-15-30(16-14-29)24(32)17-26-22(31)12-11-20-8-3-2-4-9-20/h2-12H,13-18H2,1H3,(H,26,31)/b12-11+. The van der Waals surface area contributed by atoms with E-state index in [1.807, 2.05) is 61.5 Å². The maximum Gasteiger partial charge on any atom is 0.244 e. The molecule has 0 bridgehead atoms. The summed E-state index contributed by atoms with van der Waals surface area (Å²) in [6, 6.07) is 17.5. The van der Waals surface area contributed by atoms with Crippen LogP contribution in [0.25, 0.3) is 17.5 Å². The van der Waals surface area contributed by atoms with E-state index in [1.165, 1.54) is 6.08 Å². The van der Waals surface area contributed by atoms with Crippen molar-refractivity contribution in [3.8, 4) is 11.4 Å². The van der Waals surface area contributed by atoms with Gasteiger partial charge in [-0.2, -0.15) is 4.98 Å². The molecule has 3 aromatic rings. The average Bonchev–Trinajstić information content (AvgIpc) is 3.30. The van der Waals surface area contributed by atoms with Crippen LogP contribution in [0.3, 0.4) is 0 Å². The van der Waals surface area contributed by atoms with Gasteiger partial charge in [-0.1, -0.05) is 59.8 Å². The van der Waals surface area contributed by atoms with Crippen molar-refractivity contribution in [3.05, 3.63) is 77.7 Å². The number of aryl methyl sites for hydroxylation is 1. The lowest BCUT2D eigenvalue weighted by Crippen LogP contribution is -2.50. The highest BCUT2D eigenvalue weighted by molar-refractivity contribution is 5.94. The van der Waals surface area contributed by atoms with Crippen LogP contribution in [0.15, 0.2) is 65.2 Å². The third-order valence-corrected chi connectivity index (χ3v) is 5.58. The van der Waals surface area contributed by atoms with Crippen molar-refractivity contribution in [2.24, 2.45) is 0 Å². The largest absolute Gasteiger partial charge is 0.343 e. The van der Waals surface area contributed by atoms with Crippen LogP contribution < -0.4 is 5.32 Å². The van der Waals surface area contributed by atoms with E-state index in [2.05, 4.69) is 20.4 Å². The summed E-state index contributed by atoms with van der Waals surface area (Å²) < 4.78 is 5.43. The quantitative estimate of drug-likeness (QED) is 0.562. The molecule has 1 aliphatic rings. The Balaban J connectivity index is 1.20. The lowest BCUT2D eigenvalue weighted by atomic mass is 10.1. The first-order valence-electron chi connectivity index (χ1n) is 11.0. The van der Waals surface area contributed by atoms with E-state index in [-0.39, 0.29) is 18.4 Å². The van der Waals surface area contributed by atoms with Crippen molar-refractivity contribution in [1.82, 2.24) is 25.3 Å². The molecule has 0 unspecified atom stereocenters. The highest BCUT2D eigenvalue weighted by atomic mass is 16.5. The molecule has 0 radical (unpaired) electrons. The minimum Gasteiger partial charge on any atom is -0.343 e. The normalized spacial score (nSPS) is 14.5. The average molecular weight is 446 g/mol. The lowest BCUT2D eigenvalue weighted by molar-refractivity contribution is -0.133. The smallest absolute Gasteiger partial charge is 0.244 e. The van der Waals surface area contributed by atoms with Crippen LogP contribution in [0.5, 0.6) is 0 Å². The number of amides is 2. The minimum atomic E-state index is -0.285. The molecule has 2 aromatic carbocycles. The molecule has 8 nitrogen and oxygen atoms in total. The summed E-state index contributed by atoms with van der Waals surface area (Å²) in [6.07, 6.45) is 3.16. The Bertz CT molecular complexity index is 1120. The summed E-state index contributed by atoms with van der Waals surface area (Å²) >= 11 is 0. The molecule has 2 heterocycles. The van der Waals surface area contributed by atoms with Gasteiger partial charge in [-0.25, -0.2) is 0 Å². The summed E-state index contributed by atoms with van der Waals surface area (Å²) in [5.41, 5.74) is 2.99. The van der Waals surface area contributed by atoms with Crippen molar-refractivity contribution in [1.29, 1.82) is 0 Å². The number of rotatable bonds is 7. The van der Waals surface area contributed by atoms with Crippen LogP contribution >= 0.6 is 0 Å². The number of carbonyl (C=O) groups is 2. The molecule has 1 saturated heterocycles. The lowest BCUT2D eigenvalue weighted by Gasteiger charge is -2.33. The fraction of sp³-hybridized carbons (Fsp3) is 0.280. The van der Waals surface area contributed by atoms with E-state index in [0.717, 1.165) is 16.7 Å². The molecular weight excluding hydrogens is 418 g/mol.